The van der Waals surface area contributed by atoms with E-state index >= 15 is 0 Å². The smallest absolute Gasteiger partial charge is 0.264 e. The van der Waals surface area contributed by atoms with Gasteiger partial charge in [0.2, 0.25) is 5.91 Å². The van der Waals surface area contributed by atoms with Gasteiger partial charge in [0.05, 0.1) is 17.1 Å². The summed E-state index contributed by atoms with van der Waals surface area (Å²) < 4.78 is 34.1. The predicted molar refractivity (Wildman–Crippen MR) is 141 cm³/mol. The zero-order valence-corrected chi connectivity index (χ0v) is 21.9. The van der Waals surface area contributed by atoms with E-state index in [0.29, 0.717) is 5.69 Å². The van der Waals surface area contributed by atoms with Crippen LogP contribution in [0.1, 0.15) is 37.5 Å². The molecule has 0 bridgehead atoms. The molecule has 3 aromatic carbocycles. The van der Waals surface area contributed by atoms with E-state index in [9.17, 15) is 13.2 Å². The molecular weight excluding hydrogens is 460 g/mol. The van der Waals surface area contributed by atoms with Crippen molar-refractivity contribution in [2.24, 2.45) is 0 Å². The molecule has 7 heteroatoms. The summed E-state index contributed by atoms with van der Waals surface area (Å²) in [5.74, 6) is 0.371. The molecule has 0 spiro atoms. The summed E-state index contributed by atoms with van der Waals surface area (Å²) in [5, 5.41) is 2.80. The van der Waals surface area contributed by atoms with Crippen molar-refractivity contribution in [3.8, 4) is 5.75 Å². The van der Waals surface area contributed by atoms with Gasteiger partial charge in [0.25, 0.3) is 10.0 Å². The molecule has 0 aliphatic carbocycles. The first kappa shape index (κ1) is 26.3. The Bertz CT molecular complexity index is 1270. The van der Waals surface area contributed by atoms with Crippen LogP contribution in [-0.2, 0) is 20.2 Å². The SMILES string of the molecule is Cc1ccc(C)c(N(CC(=O)NCCOc2ccccc2C(C)(C)C)S(=O)(=O)c2ccccc2)c1. The lowest BCUT2D eigenvalue weighted by molar-refractivity contribution is -0.119. The van der Waals surface area contributed by atoms with Gasteiger partial charge in [-0.25, -0.2) is 8.42 Å². The maximum atomic E-state index is 13.5. The first-order valence-corrected chi connectivity index (χ1v) is 13.1. The summed E-state index contributed by atoms with van der Waals surface area (Å²) in [6, 6.07) is 21.6. The van der Waals surface area contributed by atoms with Gasteiger partial charge in [-0.3, -0.25) is 9.10 Å². The number of ether oxygens (including phenoxy) is 1. The number of aryl methyl sites for hydroxylation is 2. The average molecular weight is 495 g/mol. The zero-order valence-electron chi connectivity index (χ0n) is 21.0. The van der Waals surface area contributed by atoms with Gasteiger partial charge in [-0.05, 0) is 60.2 Å². The highest BCUT2D eigenvalue weighted by Crippen LogP contribution is 2.31. The van der Waals surface area contributed by atoms with Crippen LogP contribution in [0, 0.1) is 13.8 Å². The van der Waals surface area contributed by atoms with Crippen LogP contribution in [0.25, 0.3) is 0 Å². The minimum absolute atomic E-state index is 0.0716. The molecule has 0 saturated carbocycles. The third-order valence-electron chi connectivity index (χ3n) is 5.63. The summed E-state index contributed by atoms with van der Waals surface area (Å²) in [6.07, 6.45) is 0. The third kappa shape index (κ3) is 6.63. The molecule has 6 nitrogen and oxygen atoms in total. The van der Waals surface area contributed by atoms with Crippen molar-refractivity contribution in [1.82, 2.24) is 5.32 Å². The van der Waals surface area contributed by atoms with E-state index in [2.05, 4.69) is 26.1 Å². The van der Waals surface area contributed by atoms with Crippen molar-refractivity contribution >= 4 is 21.6 Å². The Labute approximate surface area is 209 Å². The van der Waals surface area contributed by atoms with Gasteiger partial charge in [0.15, 0.2) is 0 Å². The van der Waals surface area contributed by atoms with Crippen LogP contribution >= 0.6 is 0 Å². The van der Waals surface area contributed by atoms with Crippen LogP contribution in [0.4, 0.5) is 5.69 Å². The van der Waals surface area contributed by atoms with Gasteiger partial charge < -0.3 is 10.1 Å². The molecule has 0 atom stereocenters. The molecule has 0 fully saturated rings. The normalized spacial score (nSPS) is 11.7. The minimum Gasteiger partial charge on any atom is -0.491 e. The highest BCUT2D eigenvalue weighted by atomic mass is 32.2. The molecule has 0 saturated heterocycles. The maximum absolute atomic E-state index is 13.5. The monoisotopic (exact) mass is 494 g/mol. The van der Waals surface area contributed by atoms with Gasteiger partial charge in [-0.1, -0.05) is 69.3 Å². The average Bonchev–Trinajstić information content (AvgIpc) is 2.82. The quantitative estimate of drug-likeness (QED) is 0.425. The number of para-hydroxylation sites is 1. The number of nitrogens with zero attached hydrogens (tertiary/aromatic N) is 1. The summed E-state index contributed by atoms with van der Waals surface area (Å²) in [5.41, 5.74) is 3.17. The molecule has 35 heavy (non-hydrogen) atoms. The Hall–Kier alpha value is -3.32. The standard InChI is InChI=1S/C28H34N2O4S/c1-21-15-16-22(2)25(19-21)30(35(32,33)23-11-7-6-8-12-23)20-27(31)29-17-18-34-26-14-10-9-13-24(26)28(3,4)5/h6-16,19H,17-18,20H2,1-5H3,(H,29,31). The summed E-state index contributed by atoms with van der Waals surface area (Å²) in [6.45, 7) is 10.3. The van der Waals surface area contributed by atoms with E-state index in [1.807, 2.05) is 50.2 Å². The Morgan fingerprint density at radius 1 is 0.943 bits per heavy atom. The van der Waals surface area contributed by atoms with E-state index in [1.165, 1.54) is 16.4 Å². The lowest BCUT2D eigenvalue weighted by Crippen LogP contribution is -2.42. The number of sulfonamides is 1. The predicted octanol–water partition coefficient (Wildman–Crippen LogP) is 4.99. The highest BCUT2D eigenvalue weighted by molar-refractivity contribution is 7.92. The molecule has 0 aliphatic rings. The van der Waals surface area contributed by atoms with Crippen molar-refractivity contribution in [3.63, 3.8) is 0 Å². The molecule has 3 rings (SSSR count). The van der Waals surface area contributed by atoms with Crippen molar-refractivity contribution in [3.05, 3.63) is 89.5 Å². The van der Waals surface area contributed by atoms with Crippen LogP contribution in [0.3, 0.4) is 0 Å². The molecule has 186 valence electrons. The van der Waals surface area contributed by atoms with Gasteiger partial charge in [-0.2, -0.15) is 0 Å². The number of rotatable bonds is 9. The first-order chi connectivity index (χ1) is 16.5. The largest absolute Gasteiger partial charge is 0.491 e. The number of benzene rings is 3. The van der Waals surface area contributed by atoms with Gasteiger partial charge >= 0.3 is 0 Å². The number of carbonyl (C=O) groups is 1. The second kappa shape index (κ2) is 11.0. The number of hydrogen-bond acceptors (Lipinski definition) is 4. The van der Waals surface area contributed by atoms with Crippen LogP contribution in [-0.4, -0.2) is 34.0 Å². The molecule has 1 N–H and O–H groups in total. The topological polar surface area (TPSA) is 75.7 Å². The van der Waals surface area contributed by atoms with E-state index in [0.717, 1.165) is 22.4 Å². The molecule has 0 aliphatic heterocycles. The second-order valence-corrected chi connectivity index (χ2v) is 11.4. The fourth-order valence-electron chi connectivity index (χ4n) is 3.76. The van der Waals surface area contributed by atoms with Crippen molar-refractivity contribution in [2.45, 2.75) is 44.9 Å². The van der Waals surface area contributed by atoms with E-state index in [1.54, 1.807) is 24.3 Å². The fraction of sp³-hybridized carbons (Fsp3) is 0.321. The summed E-state index contributed by atoms with van der Waals surface area (Å²) in [7, 11) is -3.94. The first-order valence-electron chi connectivity index (χ1n) is 11.6. The van der Waals surface area contributed by atoms with Crippen molar-refractivity contribution < 1.29 is 17.9 Å². The Morgan fingerprint density at radius 3 is 2.29 bits per heavy atom. The molecular formula is C28H34N2O4S. The van der Waals surface area contributed by atoms with Crippen LogP contribution in [0.5, 0.6) is 5.75 Å². The lowest BCUT2D eigenvalue weighted by Gasteiger charge is -2.26. The molecule has 1 amide bonds. The minimum atomic E-state index is -3.94. The summed E-state index contributed by atoms with van der Waals surface area (Å²) >= 11 is 0. The Kier molecular flexibility index (Phi) is 8.22. The third-order valence-corrected chi connectivity index (χ3v) is 7.40. The maximum Gasteiger partial charge on any atom is 0.264 e. The molecule has 0 aromatic heterocycles. The van der Waals surface area contributed by atoms with Gasteiger partial charge in [0, 0.05) is 0 Å². The zero-order chi connectivity index (χ0) is 25.6. The van der Waals surface area contributed by atoms with Gasteiger partial charge in [0.1, 0.15) is 18.9 Å². The number of anilines is 1. The number of carbonyl (C=O) groups excluding carboxylic acids is 1. The number of hydrogen-bond donors (Lipinski definition) is 1. The van der Waals surface area contributed by atoms with Gasteiger partial charge in [-0.15, -0.1) is 0 Å². The lowest BCUT2D eigenvalue weighted by atomic mass is 9.86. The number of amides is 1. The molecule has 0 unspecified atom stereocenters. The molecule has 0 heterocycles. The summed E-state index contributed by atoms with van der Waals surface area (Å²) in [4.78, 5) is 13.0. The number of nitrogens with one attached hydrogen (secondary N) is 1. The van der Waals surface area contributed by atoms with Crippen molar-refractivity contribution in [2.75, 3.05) is 24.0 Å². The Balaban J connectivity index is 1.73. The van der Waals surface area contributed by atoms with Crippen LogP contribution < -0.4 is 14.4 Å². The van der Waals surface area contributed by atoms with E-state index in [4.69, 9.17) is 4.74 Å². The highest BCUT2D eigenvalue weighted by Gasteiger charge is 2.28. The fourth-order valence-corrected chi connectivity index (χ4v) is 5.26. The second-order valence-electron chi connectivity index (χ2n) is 9.56. The van der Waals surface area contributed by atoms with Crippen LogP contribution in [0.2, 0.25) is 0 Å². The van der Waals surface area contributed by atoms with Crippen molar-refractivity contribution in [1.29, 1.82) is 0 Å². The molecule has 3 aromatic rings. The van der Waals surface area contributed by atoms with E-state index < -0.39 is 15.9 Å². The van der Waals surface area contributed by atoms with Crippen LogP contribution in [0.15, 0.2) is 77.7 Å². The van der Waals surface area contributed by atoms with E-state index in [-0.39, 0.29) is 30.0 Å². The molecule has 0 radical (unpaired) electrons. The Morgan fingerprint density at radius 2 is 1.60 bits per heavy atom.